The number of carbonyl (C=O) groups is 1. The van der Waals surface area contributed by atoms with Crippen LogP contribution in [0, 0.1) is 0 Å². The highest BCUT2D eigenvalue weighted by Gasteiger charge is 2.16. The van der Waals surface area contributed by atoms with E-state index in [0.29, 0.717) is 12.0 Å². The Labute approximate surface area is 80.1 Å². The normalized spacial score (nSPS) is 12.8. The summed E-state index contributed by atoms with van der Waals surface area (Å²) in [7, 11) is 0. The van der Waals surface area contributed by atoms with Gasteiger partial charge in [-0.05, 0) is 33.3 Å². The van der Waals surface area contributed by atoms with Crippen molar-refractivity contribution in [3.8, 4) is 0 Å². The summed E-state index contributed by atoms with van der Waals surface area (Å²) >= 11 is 0. The van der Waals surface area contributed by atoms with Crippen LogP contribution in [0.15, 0.2) is 11.8 Å². The van der Waals surface area contributed by atoms with Crippen LogP contribution in [0.2, 0.25) is 0 Å². The molecule has 3 heteroatoms. The highest BCUT2D eigenvalue weighted by atomic mass is 16.7. The summed E-state index contributed by atoms with van der Waals surface area (Å²) < 4.78 is 0. The summed E-state index contributed by atoms with van der Waals surface area (Å²) in [5.41, 5.74) is 2.77. The van der Waals surface area contributed by atoms with Crippen LogP contribution in [0.25, 0.3) is 0 Å². The van der Waals surface area contributed by atoms with E-state index in [1.165, 1.54) is 0 Å². The van der Waals surface area contributed by atoms with Crippen molar-refractivity contribution in [2.24, 2.45) is 0 Å². The van der Waals surface area contributed by atoms with Crippen molar-refractivity contribution in [3.63, 3.8) is 0 Å². The van der Waals surface area contributed by atoms with E-state index in [4.69, 9.17) is 4.84 Å². The lowest BCUT2D eigenvalue weighted by atomic mass is 10.0. The Hall–Kier alpha value is -0.830. The van der Waals surface area contributed by atoms with Gasteiger partial charge in [-0.15, -0.1) is 0 Å². The molecule has 0 atom stereocenters. The van der Waals surface area contributed by atoms with Gasteiger partial charge in [-0.25, -0.2) is 0 Å². The van der Waals surface area contributed by atoms with Gasteiger partial charge in [0.15, 0.2) is 12.0 Å². The largest absolute Gasteiger partial charge is 0.405 e. The number of hydroxylamine groups is 1. The summed E-state index contributed by atoms with van der Waals surface area (Å²) in [6.45, 7) is 7.95. The van der Waals surface area contributed by atoms with Gasteiger partial charge in [-0.3, -0.25) is 4.79 Å². The topological polar surface area (TPSA) is 38.3 Å². The minimum atomic E-state index is -0.0912. The molecule has 0 aromatic rings. The van der Waals surface area contributed by atoms with Crippen molar-refractivity contribution in [1.82, 2.24) is 5.48 Å². The molecule has 0 saturated carbocycles. The molecule has 3 nitrogen and oxygen atoms in total. The molecule has 0 heterocycles. The van der Waals surface area contributed by atoms with E-state index in [2.05, 4.69) is 12.4 Å². The predicted octanol–water partition coefficient (Wildman–Crippen LogP) is 2.19. The predicted molar refractivity (Wildman–Crippen MR) is 53.0 cm³/mol. The lowest BCUT2D eigenvalue weighted by Gasteiger charge is -2.24. The van der Waals surface area contributed by atoms with Gasteiger partial charge < -0.3 is 4.84 Å². The lowest BCUT2D eigenvalue weighted by molar-refractivity contribution is -0.110. The third-order valence-corrected chi connectivity index (χ3v) is 1.72. The Balaban J connectivity index is 3.92. The first kappa shape index (κ1) is 12.2. The molecule has 0 rings (SSSR count). The highest BCUT2D eigenvalue weighted by molar-refractivity contribution is 5.69. The molecular formula is C10H19NO2. The first-order valence-corrected chi connectivity index (χ1v) is 4.61. The van der Waals surface area contributed by atoms with Crippen LogP contribution in [-0.4, -0.2) is 11.8 Å². The Morgan fingerprint density at radius 3 is 2.54 bits per heavy atom. The van der Waals surface area contributed by atoms with E-state index in [1.807, 2.05) is 13.8 Å². The quantitative estimate of drug-likeness (QED) is 0.298. The second-order valence-corrected chi connectivity index (χ2v) is 3.65. The van der Waals surface area contributed by atoms with Crippen LogP contribution < -0.4 is 5.48 Å². The SMILES string of the molecule is CC=C(C=O)ONC(C)(C)CCC. The number of hydrogen-bond donors (Lipinski definition) is 1. The Morgan fingerprint density at radius 2 is 2.15 bits per heavy atom. The molecule has 0 spiro atoms. The lowest BCUT2D eigenvalue weighted by Crippen LogP contribution is -2.38. The van der Waals surface area contributed by atoms with Gasteiger partial charge in [0.2, 0.25) is 0 Å². The zero-order valence-corrected chi connectivity index (χ0v) is 8.89. The maximum absolute atomic E-state index is 10.4. The van der Waals surface area contributed by atoms with Gasteiger partial charge in [0.25, 0.3) is 0 Å². The summed E-state index contributed by atoms with van der Waals surface area (Å²) in [4.78, 5) is 15.5. The minimum absolute atomic E-state index is 0.0912. The Bertz CT molecular complexity index is 185. The maximum Gasteiger partial charge on any atom is 0.186 e. The third-order valence-electron chi connectivity index (χ3n) is 1.72. The molecule has 0 radical (unpaired) electrons. The van der Waals surface area contributed by atoms with E-state index in [9.17, 15) is 4.79 Å². The van der Waals surface area contributed by atoms with E-state index < -0.39 is 0 Å². The molecule has 0 aromatic carbocycles. The number of aldehydes is 1. The highest BCUT2D eigenvalue weighted by Crippen LogP contribution is 2.11. The Morgan fingerprint density at radius 1 is 1.54 bits per heavy atom. The molecule has 13 heavy (non-hydrogen) atoms. The van der Waals surface area contributed by atoms with Gasteiger partial charge in [0, 0.05) is 5.54 Å². The smallest absolute Gasteiger partial charge is 0.186 e. The number of rotatable bonds is 6. The molecule has 0 fully saturated rings. The first-order valence-electron chi connectivity index (χ1n) is 4.61. The summed E-state index contributed by atoms with van der Waals surface area (Å²) in [6.07, 6.45) is 4.40. The molecule has 0 amide bonds. The maximum atomic E-state index is 10.4. The first-order chi connectivity index (χ1) is 6.05. The molecule has 0 bridgehead atoms. The van der Waals surface area contributed by atoms with Crippen molar-refractivity contribution >= 4 is 6.29 Å². The van der Waals surface area contributed by atoms with Gasteiger partial charge >= 0.3 is 0 Å². The van der Waals surface area contributed by atoms with Crippen LogP contribution in [0.1, 0.15) is 40.5 Å². The van der Waals surface area contributed by atoms with Gasteiger partial charge in [0.05, 0.1) is 0 Å². The van der Waals surface area contributed by atoms with Crippen molar-refractivity contribution in [2.45, 2.75) is 46.1 Å². The summed E-state index contributed by atoms with van der Waals surface area (Å²) in [5, 5.41) is 0. The van der Waals surface area contributed by atoms with E-state index >= 15 is 0 Å². The van der Waals surface area contributed by atoms with Crippen LogP contribution in [0.3, 0.4) is 0 Å². The molecule has 0 unspecified atom stereocenters. The number of allylic oxidation sites excluding steroid dienone is 2. The Kier molecular flexibility index (Phi) is 5.39. The number of carbonyl (C=O) groups excluding carboxylic acids is 1. The number of hydrogen-bond acceptors (Lipinski definition) is 3. The molecule has 0 saturated heterocycles. The fourth-order valence-corrected chi connectivity index (χ4v) is 1.02. The zero-order valence-electron chi connectivity index (χ0n) is 8.89. The standard InChI is InChI=1S/C10H19NO2/c1-5-7-10(3,4)11-13-9(6-2)8-12/h6,8,11H,5,7H2,1-4H3. The van der Waals surface area contributed by atoms with Crippen LogP contribution >= 0.6 is 0 Å². The molecule has 0 aliphatic heterocycles. The van der Waals surface area contributed by atoms with Crippen LogP contribution in [0.5, 0.6) is 0 Å². The van der Waals surface area contributed by atoms with Crippen LogP contribution in [-0.2, 0) is 9.63 Å². The van der Waals surface area contributed by atoms with Crippen molar-refractivity contribution in [2.75, 3.05) is 0 Å². The van der Waals surface area contributed by atoms with Crippen molar-refractivity contribution < 1.29 is 9.63 Å². The fraction of sp³-hybridized carbons (Fsp3) is 0.700. The van der Waals surface area contributed by atoms with Crippen LogP contribution in [0.4, 0.5) is 0 Å². The molecule has 0 aromatic heterocycles. The minimum Gasteiger partial charge on any atom is -0.405 e. The number of nitrogens with one attached hydrogen (secondary N) is 1. The average molecular weight is 185 g/mol. The third kappa shape index (κ3) is 5.42. The van der Waals surface area contributed by atoms with Gasteiger partial charge in [0.1, 0.15) is 0 Å². The van der Waals surface area contributed by atoms with E-state index in [-0.39, 0.29) is 5.54 Å². The average Bonchev–Trinajstić information content (AvgIpc) is 2.06. The zero-order chi connectivity index (χ0) is 10.3. The molecule has 76 valence electrons. The second-order valence-electron chi connectivity index (χ2n) is 3.65. The monoisotopic (exact) mass is 185 g/mol. The molecule has 0 aliphatic carbocycles. The summed E-state index contributed by atoms with van der Waals surface area (Å²) in [6, 6.07) is 0. The molecule has 0 aliphatic rings. The van der Waals surface area contributed by atoms with Crippen molar-refractivity contribution in [1.29, 1.82) is 0 Å². The summed E-state index contributed by atoms with van der Waals surface area (Å²) in [5.74, 6) is 0.323. The molecule has 1 N–H and O–H groups in total. The van der Waals surface area contributed by atoms with E-state index in [1.54, 1.807) is 13.0 Å². The second kappa shape index (κ2) is 5.75. The van der Waals surface area contributed by atoms with Gasteiger partial charge in [-0.2, -0.15) is 5.48 Å². The van der Waals surface area contributed by atoms with Crippen molar-refractivity contribution in [3.05, 3.63) is 11.8 Å². The van der Waals surface area contributed by atoms with E-state index in [0.717, 1.165) is 12.8 Å². The van der Waals surface area contributed by atoms with Gasteiger partial charge in [-0.1, -0.05) is 13.3 Å². The fourth-order valence-electron chi connectivity index (χ4n) is 1.02. The molecular weight excluding hydrogens is 166 g/mol.